The summed E-state index contributed by atoms with van der Waals surface area (Å²) in [6.07, 6.45) is 1.93. The van der Waals surface area contributed by atoms with Crippen molar-refractivity contribution in [1.29, 1.82) is 0 Å². The second-order valence-corrected chi connectivity index (χ2v) is 8.40. The maximum absolute atomic E-state index is 13.1. The van der Waals surface area contributed by atoms with E-state index < -0.39 is 0 Å². The number of rotatable bonds is 5. The van der Waals surface area contributed by atoms with Gasteiger partial charge < -0.3 is 9.47 Å². The minimum atomic E-state index is -0.0687. The number of amides is 2. The van der Waals surface area contributed by atoms with Gasteiger partial charge in [0, 0.05) is 57.1 Å². The van der Waals surface area contributed by atoms with Crippen LogP contribution in [-0.2, 0) is 16.1 Å². The first kappa shape index (κ1) is 21.2. The molecule has 2 aliphatic heterocycles. The average Bonchev–Trinajstić information content (AvgIpc) is 3.10. The van der Waals surface area contributed by atoms with E-state index in [1.54, 1.807) is 6.08 Å². The molecule has 7 nitrogen and oxygen atoms in total. The fourth-order valence-corrected chi connectivity index (χ4v) is 4.18. The Morgan fingerprint density at radius 2 is 1.55 bits per heavy atom. The highest BCUT2D eigenvalue weighted by Gasteiger charge is 2.28. The molecule has 1 saturated heterocycles. The van der Waals surface area contributed by atoms with Crippen LogP contribution >= 0.6 is 0 Å². The number of carbonyl (C=O) groups excluding carboxylic acids is 2. The third kappa shape index (κ3) is 4.66. The van der Waals surface area contributed by atoms with Gasteiger partial charge in [-0.1, -0.05) is 17.7 Å². The number of hydrogen-bond acceptors (Lipinski definition) is 4. The molecule has 0 bridgehead atoms. The van der Waals surface area contributed by atoms with E-state index in [1.807, 2.05) is 36.1 Å². The maximum atomic E-state index is 13.1. The molecule has 2 aliphatic rings. The number of piperazine rings is 1. The second-order valence-electron chi connectivity index (χ2n) is 8.40. The fraction of sp³-hybridized carbons (Fsp3) is 0.417. The third-order valence-electron chi connectivity index (χ3n) is 6.20. The number of hydrazine groups is 1. The number of nitrogens with zero attached hydrogens (tertiary/aromatic N) is 4. The van der Waals surface area contributed by atoms with Crippen LogP contribution in [0.4, 0.5) is 5.69 Å². The molecule has 4 rings (SSSR count). The van der Waals surface area contributed by atoms with Gasteiger partial charge >= 0.3 is 0 Å². The van der Waals surface area contributed by atoms with E-state index in [1.165, 1.54) is 16.4 Å². The van der Waals surface area contributed by atoms with Gasteiger partial charge in [-0.2, -0.15) is 0 Å². The van der Waals surface area contributed by atoms with E-state index in [-0.39, 0.29) is 18.2 Å². The molecule has 1 fully saturated rings. The lowest BCUT2D eigenvalue weighted by Gasteiger charge is -2.37. The molecule has 164 valence electrons. The van der Waals surface area contributed by atoms with Crippen molar-refractivity contribution in [2.24, 2.45) is 0 Å². The number of aryl methyl sites for hydroxylation is 3. The van der Waals surface area contributed by atoms with E-state index in [0.717, 1.165) is 37.4 Å². The Kier molecular flexibility index (Phi) is 6.13. The summed E-state index contributed by atoms with van der Waals surface area (Å²) in [6, 6.07) is 12.0. The van der Waals surface area contributed by atoms with Crippen molar-refractivity contribution < 1.29 is 9.59 Å². The topological polar surface area (TPSA) is 60.8 Å². The van der Waals surface area contributed by atoms with Gasteiger partial charge in [-0.3, -0.25) is 19.9 Å². The molecule has 0 saturated carbocycles. The van der Waals surface area contributed by atoms with E-state index in [9.17, 15) is 9.59 Å². The molecule has 0 aliphatic carbocycles. The van der Waals surface area contributed by atoms with Gasteiger partial charge in [0.2, 0.25) is 5.91 Å². The minimum absolute atomic E-state index is 0.0404. The van der Waals surface area contributed by atoms with Crippen LogP contribution in [-0.4, -0.2) is 58.9 Å². The first-order valence-corrected chi connectivity index (χ1v) is 10.9. The largest absolute Gasteiger partial charge is 0.348 e. The second kappa shape index (κ2) is 8.98. The van der Waals surface area contributed by atoms with Crippen LogP contribution in [0.15, 0.2) is 48.2 Å². The van der Waals surface area contributed by atoms with Crippen molar-refractivity contribution in [2.45, 2.75) is 33.7 Å². The standard InChI is InChI=1S/C24H31N5O2/c1-18-4-8-21(9-5-18)29-23(30)11-10-22(25-29)24(31)27-15-12-26(13-16-27)14-17-28-19(2)6-7-20(28)3/h4-10,25H,11-17H2,1-3H3. The van der Waals surface area contributed by atoms with Gasteiger partial charge in [0.25, 0.3) is 5.91 Å². The molecule has 31 heavy (non-hydrogen) atoms. The quantitative estimate of drug-likeness (QED) is 0.805. The van der Waals surface area contributed by atoms with E-state index >= 15 is 0 Å². The van der Waals surface area contributed by atoms with E-state index in [4.69, 9.17) is 0 Å². The summed E-state index contributed by atoms with van der Waals surface area (Å²) in [5, 5.41) is 1.48. The Labute approximate surface area is 183 Å². The maximum Gasteiger partial charge on any atom is 0.271 e. The summed E-state index contributed by atoms with van der Waals surface area (Å²) in [7, 11) is 0. The number of hydrogen-bond donors (Lipinski definition) is 1. The average molecular weight is 422 g/mol. The lowest BCUT2D eigenvalue weighted by atomic mass is 10.2. The number of carbonyl (C=O) groups is 2. The fourth-order valence-electron chi connectivity index (χ4n) is 4.18. The summed E-state index contributed by atoms with van der Waals surface area (Å²) < 4.78 is 2.34. The van der Waals surface area contributed by atoms with Crippen molar-refractivity contribution in [2.75, 3.05) is 37.7 Å². The SMILES string of the molecule is Cc1ccc(N2NC(C(=O)N3CCN(CCn4c(C)ccc4C)CC3)=CCC2=O)cc1. The van der Waals surface area contributed by atoms with Gasteiger partial charge in [-0.05, 0) is 51.1 Å². The highest BCUT2D eigenvalue weighted by atomic mass is 16.2. The van der Waals surface area contributed by atoms with Crippen molar-refractivity contribution >= 4 is 17.5 Å². The molecule has 0 radical (unpaired) electrons. The smallest absolute Gasteiger partial charge is 0.271 e. The molecule has 0 atom stereocenters. The summed E-state index contributed by atoms with van der Waals surface area (Å²) in [5.74, 6) is -0.109. The molecule has 3 heterocycles. The van der Waals surface area contributed by atoms with Crippen LogP contribution in [0.5, 0.6) is 0 Å². The molecule has 2 amide bonds. The number of anilines is 1. The van der Waals surface area contributed by atoms with Gasteiger partial charge in [0.15, 0.2) is 0 Å². The molecule has 7 heteroatoms. The van der Waals surface area contributed by atoms with Crippen LogP contribution in [0.3, 0.4) is 0 Å². The molecular formula is C24H31N5O2. The van der Waals surface area contributed by atoms with Crippen LogP contribution in [0, 0.1) is 20.8 Å². The Morgan fingerprint density at radius 3 is 2.19 bits per heavy atom. The van der Waals surface area contributed by atoms with E-state index in [0.29, 0.717) is 18.8 Å². The zero-order valence-electron chi connectivity index (χ0n) is 18.6. The molecule has 1 aromatic heterocycles. The van der Waals surface area contributed by atoms with Gasteiger partial charge in [-0.15, -0.1) is 0 Å². The van der Waals surface area contributed by atoms with Crippen molar-refractivity contribution in [3.8, 4) is 0 Å². The van der Waals surface area contributed by atoms with Gasteiger partial charge in [0.1, 0.15) is 5.70 Å². The zero-order valence-corrected chi connectivity index (χ0v) is 18.6. The Hall–Kier alpha value is -3.06. The predicted molar refractivity (Wildman–Crippen MR) is 121 cm³/mol. The summed E-state index contributed by atoms with van der Waals surface area (Å²) in [4.78, 5) is 29.7. The monoisotopic (exact) mass is 421 g/mol. The summed E-state index contributed by atoms with van der Waals surface area (Å²) >= 11 is 0. The minimum Gasteiger partial charge on any atom is -0.348 e. The number of aromatic nitrogens is 1. The zero-order chi connectivity index (χ0) is 22.0. The molecule has 2 aromatic rings. The van der Waals surface area contributed by atoms with Crippen molar-refractivity contribution in [3.63, 3.8) is 0 Å². The first-order valence-electron chi connectivity index (χ1n) is 10.9. The Bertz CT molecular complexity index is 964. The molecule has 0 unspecified atom stereocenters. The van der Waals surface area contributed by atoms with Crippen LogP contribution in [0.25, 0.3) is 0 Å². The predicted octanol–water partition coefficient (Wildman–Crippen LogP) is 2.38. The Morgan fingerprint density at radius 1 is 0.903 bits per heavy atom. The normalized spacial score (nSPS) is 17.5. The molecule has 1 N–H and O–H groups in total. The van der Waals surface area contributed by atoms with Crippen LogP contribution in [0.1, 0.15) is 23.4 Å². The number of nitrogens with one attached hydrogen (secondary N) is 1. The summed E-state index contributed by atoms with van der Waals surface area (Å²) in [5.41, 5.74) is 7.96. The highest BCUT2D eigenvalue weighted by molar-refractivity contribution is 6.01. The Balaban J connectivity index is 1.32. The van der Waals surface area contributed by atoms with Crippen molar-refractivity contribution in [1.82, 2.24) is 19.8 Å². The molecule has 0 spiro atoms. The van der Waals surface area contributed by atoms with Crippen LogP contribution in [0.2, 0.25) is 0 Å². The first-order chi connectivity index (χ1) is 14.9. The lowest BCUT2D eigenvalue weighted by molar-refractivity contribution is -0.129. The van der Waals surface area contributed by atoms with Crippen molar-refractivity contribution in [3.05, 3.63) is 65.1 Å². The van der Waals surface area contributed by atoms with Gasteiger partial charge in [-0.25, -0.2) is 5.01 Å². The van der Waals surface area contributed by atoms with E-state index in [2.05, 4.69) is 40.9 Å². The van der Waals surface area contributed by atoms with Crippen LogP contribution < -0.4 is 10.4 Å². The lowest BCUT2D eigenvalue weighted by Crippen LogP contribution is -2.53. The highest BCUT2D eigenvalue weighted by Crippen LogP contribution is 2.19. The third-order valence-corrected chi connectivity index (χ3v) is 6.20. The summed E-state index contributed by atoms with van der Waals surface area (Å²) in [6.45, 7) is 11.3. The molecular weight excluding hydrogens is 390 g/mol. The molecule has 1 aromatic carbocycles. The number of benzene rings is 1. The van der Waals surface area contributed by atoms with Gasteiger partial charge in [0.05, 0.1) is 5.69 Å².